The van der Waals surface area contributed by atoms with Crippen LogP contribution < -0.4 is 0 Å². The van der Waals surface area contributed by atoms with E-state index in [2.05, 4.69) is 25.9 Å². The Morgan fingerprint density at radius 3 is 2.00 bits per heavy atom. The molecule has 0 spiro atoms. The number of nitrogens with zero attached hydrogens (tertiary/aromatic N) is 2. The molecule has 1 aromatic carbocycles. The largest absolute Gasteiger partial charge is 0.215 e. The monoisotopic (exact) mass is 428 g/mol. The Kier molecular flexibility index (Phi) is 4.05. The molecule has 0 aliphatic heterocycles. The van der Waals surface area contributed by atoms with Crippen LogP contribution in [-0.2, 0) is 0 Å². The van der Waals surface area contributed by atoms with Crippen molar-refractivity contribution in [1.29, 1.82) is 0 Å². The predicted molar refractivity (Wildman–Crippen MR) is 77.9 cm³/mol. The Morgan fingerprint density at radius 2 is 1.50 bits per heavy atom. The van der Waals surface area contributed by atoms with E-state index in [1.54, 1.807) is 0 Å². The summed E-state index contributed by atoms with van der Waals surface area (Å²) < 4.78 is 1.67. The van der Waals surface area contributed by atoms with E-state index in [1.807, 2.05) is 46.9 Å². The van der Waals surface area contributed by atoms with Crippen molar-refractivity contribution in [2.45, 2.75) is 0 Å². The van der Waals surface area contributed by atoms with Crippen LogP contribution in [0.1, 0.15) is 0 Å². The van der Waals surface area contributed by atoms with Gasteiger partial charge in [-0.25, -0.2) is 9.97 Å². The standard InChI is InChI=1S/C10H4BrCl2IN2/c11-6-3-1-5(2-4-6)10-15-8(12)7(14)9(13)16-10/h1-4H. The molecule has 16 heavy (non-hydrogen) atoms. The normalized spacial score (nSPS) is 10.5. The van der Waals surface area contributed by atoms with Crippen molar-refractivity contribution in [2.24, 2.45) is 0 Å². The van der Waals surface area contributed by atoms with Crippen LogP contribution >= 0.6 is 61.7 Å². The minimum Gasteiger partial charge on any atom is -0.215 e. The van der Waals surface area contributed by atoms with Gasteiger partial charge in [-0.15, -0.1) is 0 Å². The molecule has 2 aromatic rings. The Labute approximate surface area is 125 Å². The average Bonchev–Trinajstić information content (AvgIpc) is 2.26. The van der Waals surface area contributed by atoms with Crippen LogP contribution in [0, 0.1) is 3.57 Å². The maximum Gasteiger partial charge on any atom is 0.162 e. The summed E-state index contributed by atoms with van der Waals surface area (Å²) in [6, 6.07) is 7.63. The zero-order valence-electron chi connectivity index (χ0n) is 7.72. The van der Waals surface area contributed by atoms with Gasteiger partial charge in [0.05, 0.1) is 3.57 Å². The van der Waals surface area contributed by atoms with Crippen molar-refractivity contribution in [2.75, 3.05) is 0 Å². The third-order valence-electron chi connectivity index (χ3n) is 1.87. The quantitative estimate of drug-likeness (QED) is 0.480. The van der Waals surface area contributed by atoms with Gasteiger partial charge in [-0.05, 0) is 34.7 Å². The fraction of sp³-hybridized carbons (Fsp3) is 0. The highest BCUT2D eigenvalue weighted by Crippen LogP contribution is 2.27. The number of benzene rings is 1. The van der Waals surface area contributed by atoms with Crippen LogP contribution in [0.2, 0.25) is 10.3 Å². The molecule has 0 N–H and O–H groups in total. The van der Waals surface area contributed by atoms with E-state index in [4.69, 9.17) is 23.2 Å². The van der Waals surface area contributed by atoms with Crippen molar-refractivity contribution in [3.63, 3.8) is 0 Å². The molecule has 1 heterocycles. The van der Waals surface area contributed by atoms with Gasteiger partial charge >= 0.3 is 0 Å². The first-order valence-electron chi connectivity index (χ1n) is 4.22. The van der Waals surface area contributed by atoms with Crippen LogP contribution in [0.3, 0.4) is 0 Å². The molecule has 0 bridgehead atoms. The molecule has 0 aliphatic rings. The summed E-state index contributed by atoms with van der Waals surface area (Å²) in [7, 11) is 0. The summed E-state index contributed by atoms with van der Waals surface area (Å²) in [6.45, 7) is 0. The summed E-state index contributed by atoms with van der Waals surface area (Å²) in [5.41, 5.74) is 0.878. The summed E-state index contributed by atoms with van der Waals surface area (Å²) in [6.07, 6.45) is 0. The van der Waals surface area contributed by atoms with E-state index < -0.39 is 0 Å². The van der Waals surface area contributed by atoms with E-state index in [-0.39, 0.29) is 0 Å². The summed E-state index contributed by atoms with van der Waals surface area (Å²) in [4.78, 5) is 8.36. The maximum absolute atomic E-state index is 5.95. The number of halogens is 4. The fourth-order valence-electron chi connectivity index (χ4n) is 1.12. The summed E-state index contributed by atoms with van der Waals surface area (Å²) in [5, 5.41) is 0.747. The first-order valence-corrected chi connectivity index (χ1v) is 6.85. The lowest BCUT2D eigenvalue weighted by Crippen LogP contribution is -1.93. The van der Waals surface area contributed by atoms with Crippen molar-refractivity contribution in [3.05, 3.63) is 42.6 Å². The van der Waals surface area contributed by atoms with E-state index in [0.717, 1.165) is 10.0 Å². The molecule has 0 fully saturated rings. The third-order valence-corrected chi connectivity index (χ3v) is 4.61. The van der Waals surface area contributed by atoms with Crippen LogP contribution in [0.15, 0.2) is 28.7 Å². The lowest BCUT2D eigenvalue weighted by atomic mass is 10.2. The number of hydrogen-bond acceptors (Lipinski definition) is 2. The molecule has 0 atom stereocenters. The van der Waals surface area contributed by atoms with Gasteiger partial charge in [0.1, 0.15) is 10.3 Å². The molecular weight excluding hydrogens is 426 g/mol. The highest BCUT2D eigenvalue weighted by Gasteiger charge is 2.10. The van der Waals surface area contributed by atoms with Gasteiger partial charge in [0.2, 0.25) is 0 Å². The molecule has 0 radical (unpaired) electrons. The molecule has 2 rings (SSSR count). The van der Waals surface area contributed by atoms with Crippen LogP contribution in [0.5, 0.6) is 0 Å². The van der Waals surface area contributed by atoms with E-state index >= 15 is 0 Å². The highest BCUT2D eigenvalue weighted by molar-refractivity contribution is 14.1. The number of rotatable bonds is 1. The van der Waals surface area contributed by atoms with Crippen molar-refractivity contribution < 1.29 is 0 Å². The van der Waals surface area contributed by atoms with Gasteiger partial charge in [0.25, 0.3) is 0 Å². The molecule has 0 saturated heterocycles. The predicted octanol–water partition coefficient (Wildman–Crippen LogP) is 4.82. The summed E-state index contributed by atoms with van der Waals surface area (Å²) >= 11 is 17.3. The fourth-order valence-corrected chi connectivity index (χ4v) is 2.02. The van der Waals surface area contributed by atoms with Crippen LogP contribution in [-0.4, -0.2) is 9.97 Å². The Morgan fingerprint density at radius 1 is 1.00 bits per heavy atom. The van der Waals surface area contributed by atoms with Gasteiger partial charge in [-0.2, -0.15) is 0 Å². The summed E-state index contributed by atoms with van der Waals surface area (Å²) in [5.74, 6) is 0.530. The average molecular weight is 430 g/mol. The van der Waals surface area contributed by atoms with Gasteiger partial charge < -0.3 is 0 Å². The second-order valence-corrected chi connectivity index (χ2v) is 5.66. The van der Waals surface area contributed by atoms with E-state index in [9.17, 15) is 0 Å². The van der Waals surface area contributed by atoms with Crippen LogP contribution in [0.25, 0.3) is 11.4 Å². The first-order chi connectivity index (χ1) is 7.58. The van der Waals surface area contributed by atoms with Crippen molar-refractivity contribution >= 4 is 61.7 Å². The molecule has 0 saturated carbocycles. The van der Waals surface area contributed by atoms with Gasteiger partial charge in [-0.3, -0.25) is 0 Å². The Balaban J connectivity index is 2.52. The molecule has 0 aliphatic carbocycles. The SMILES string of the molecule is Clc1nc(-c2ccc(Br)cc2)nc(Cl)c1I. The topological polar surface area (TPSA) is 25.8 Å². The second kappa shape index (κ2) is 5.16. The second-order valence-electron chi connectivity index (χ2n) is 2.95. The number of hydrogen-bond donors (Lipinski definition) is 0. The third kappa shape index (κ3) is 2.67. The zero-order chi connectivity index (χ0) is 11.7. The van der Waals surface area contributed by atoms with Gasteiger partial charge in [-0.1, -0.05) is 51.3 Å². The van der Waals surface area contributed by atoms with E-state index in [0.29, 0.717) is 19.7 Å². The smallest absolute Gasteiger partial charge is 0.162 e. The molecule has 2 nitrogen and oxygen atoms in total. The lowest BCUT2D eigenvalue weighted by Gasteiger charge is -2.03. The molecule has 0 amide bonds. The Bertz CT molecular complexity index is 508. The Hall–Kier alpha value is 0.0900. The van der Waals surface area contributed by atoms with Crippen LogP contribution in [0.4, 0.5) is 0 Å². The molecule has 6 heteroatoms. The van der Waals surface area contributed by atoms with Gasteiger partial charge in [0.15, 0.2) is 5.82 Å². The zero-order valence-corrected chi connectivity index (χ0v) is 13.0. The van der Waals surface area contributed by atoms with E-state index in [1.165, 1.54) is 0 Å². The minimum absolute atomic E-state index is 0.374. The highest BCUT2D eigenvalue weighted by atomic mass is 127. The van der Waals surface area contributed by atoms with Crippen molar-refractivity contribution in [1.82, 2.24) is 9.97 Å². The van der Waals surface area contributed by atoms with Gasteiger partial charge in [0, 0.05) is 10.0 Å². The molecular formula is C10H4BrCl2IN2. The van der Waals surface area contributed by atoms with Crippen molar-refractivity contribution in [3.8, 4) is 11.4 Å². The lowest BCUT2D eigenvalue weighted by molar-refractivity contribution is 1.16. The molecule has 0 unspecified atom stereocenters. The molecule has 1 aromatic heterocycles. The molecule has 82 valence electrons. The minimum atomic E-state index is 0.374. The number of aromatic nitrogens is 2. The maximum atomic E-state index is 5.95. The first kappa shape index (κ1) is 12.5.